The number of nitrogens with one attached hydrogen (secondary N) is 1. The molecule has 2 aliphatic heterocycles. The molecule has 136 valence electrons. The summed E-state index contributed by atoms with van der Waals surface area (Å²) in [6.07, 6.45) is 2.53. The van der Waals surface area contributed by atoms with Crippen molar-refractivity contribution in [1.29, 1.82) is 0 Å². The van der Waals surface area contributed by atoms with Crippen LogP contribution in [0.3, 0.4) is 0 Å². The highest BCUT2D eigenvalue weighted by Gasteiger charge is 2.50. The maximum absolute atomic E-state index is 12.8. The van der Waals surface area contributed by atoms with Gasteiger partial charge in [-0.3, -0.25) is 14.6 Å². The number of aromatic nitrogens is 1. The largest absolute Gasteiger partial charge is 0.375 e. The van der Waals surface area contributed by atoms with Crippen molar-refractivity contribution in [3.63, 3.8) is 0 Å². The molecule has 2 aliphatic rings. The molecule has 1 N–H and O–H groups in total. The highest BCUT2D eigenvalue weighted by atomic mass is 32.1. The lowest BCUT2D eigenvalue weighted by atomic mass is 10.0. The third-order valence-electron chi connectivity index (χ3n) is 5.03. The van der Waals surface area contributed by atoms with Gasteiger partial charge in [0.1, 0.15) is 0 Å². The minimum Gasteiger partial charge on any atom is -0.375 e. The number of hydrogen-bond acceptors (Lipinski definition) is 5. The van der Waals surface area contributed by atoms with E-state index in [0.29, 0.717) is 19.7 Å². The molecule has 3 atom stereocenters. The molecule has 2 aromatic rings. The molecule has 7 heteroatoms. The number of likely N-dealkylation sites (tertiary alicyclic amines) is 1. The van der Waals surface area contributed by atoms with E-state index >= 15 is 0 Å². The maximum Gasteiger partial charge on any atom is 0.228 e. The molecule has 2 saturated heterocycles. The van der Waals surface area contributed by atoms with E-state index in [1.165, 1.54) is 0 Å². The Morgan fingerprint density at radius 2 is 2.23 bits per heavy atom. The average Bonchev–Trinajstić information content (AvgIpc) is 3.38. The number of carbonyl (C=O) groups excluding carboxylic acids is 2. The summed E-state index contributed by atoms with van der Waals surface area (Å²) in [5, 5.41) is 4.98. The van der Waals surface area contributed by atoms with Crippen LogP contribution in [0.15, 0.2) is 41.9 Å². The van der Waals surface area contributed by atoms with E-state index in [1.807, 2.05) is 40.6 Å². The molecule has 0 spiro atoms. The number of rotatable bonds is 5. The van der Waals surface area contributed by atoms with E-state index in [4.69, 9.17) is 4.74 Å². The van der Waals surface area contributed by atoms with Crippen molar-refractivity contribution in [3.05, 3.63) is 52.5 Å². The van der Waals surface area contributed by atoms with Gasteiger partial charge in [-0.05, 0) is 30.0 Å². The zero-order chi connectivity index (χ0) is 17.9. The number of carbonyl (C=O) groups is 2. The van der Waals surface area contributed by atoms with Crippen LogP contribution >= 0.6 is 11.3 Å². The number of fused-ring (bicyclic) bond motifs is 1. The van der Waals surface area contributed by atoms with Crippen molar-refractivity contribution in [3.8, 4) is 0 Å². The Labute approximate surface area is 156 Å². The Balaban J connectivity index is 1.41. The first kappa shape index (κ1) is 17.2. The topological polar surface area (TPSA) is 71.5 Å². The summed E-state index contributed by atoms with van der Waals surface area (Å²) in [7, 11) is 0. The van der Waals surface area contributed by atoms with Crippen molar-refractivity contribution >= 4 is 23.2 Å². The number of ether oxygens (including phenoxy) is 1. The number of thiophene rings is 1. The van der Waals surface area contributed by atoms with Gasteiger partial charge in [-0.1, -0.05) is 12.1 Å². The average molecular weight is 371 g/mol. The fraction of sp³-hybridized carbons (Fsp3) is 0.421. The first-order valence-corrected chi connectivity index (χ1v) is 9.71. The van der Waals surface area contributed by atoms with E-state index < -0.39 is 0 Å². The minimum absolute atomic E-state index is 0.0105. The standard InChI is InChI=1S/C19H21N3O3S/c23-17(10-13-4-1-2-7-20-13)22-12-15(18-16(22)6-8-25-18)19(24)21-11-14-5-3-9-26-14/h1-5,7,9,15-16,18H,6,8,10-12H2,(H,21,24). The summed E-state index contributed by atoms with van der Waals surface area (Å²) in [5.41, 5.74) is 0.749. The molecular weight excluding hydrogens is 350 g/mol. The van der Waals surface area contributed by atoms with E-state index in [2.05, 4.69) is 10.3 Å². The lowest BCUT2D eigenvalue weighted by molar-refractivity contribution is -0.131. The highest BCUT2D eigenvalue weighted by molar-refractivity contribution is 7.09. The second-order valence-electron chi connectivity index (χ2n) is 6.64. The fourth-order valence-electron chi connectivity index (χ4n) is 3.77. The van der Waals surface area contributed by atoms with Gasteiger partial charge in [0.05, 0.1) is 31.0 Å². The second-order valence-corrected chi connectivity index (χ2v) is 7.67. The number of amides is 2. The first-order valence-electron chi connectivity index (χ1n) is 8.83. The molecular formula is C19H21N3O3S. The molecule has 2 aromatic heterocycles. The van der Waals surface area contributed by atoms with Gasteiger partial charge in [0.2, 0.25) is 11.8 Å². The van der Waals surface area contributed by atoms with Gasteiger partial charge in [-0.25, -0.2) is 0 Å². The lowest BCUT2D eigenvalue weighted by Crippen LogP contribution is -2.38. The minimum atomic E-state index is -0.310. The number of nitrogens with zero attached hydrogens (tertiary/aromatic N) is 2. The van der Waals surface area contributed by atoms with Crippen LogP contribution in [0.5, 0.6) is 0 Å². The Kier molecular flexibility index (Phi) is 4.99. The summed E-state index contributed by atoms with van der Waals surface area (Å²) in [6, 6.07) is 9.51. The third kappa shape index (κ3) is 3.50. The van der Waals surface area contributed by atoms with Crippen molar-refractivity contribution in [1.82, 2.24) is 15.2 Å². The highest BCUT2D eigenvalue weighted by Crippen LogP contribution is 2.34. The monoisotopic (exact) mass is 371 g/mol. The number of hydrogen-bond donors (Lipinski definition) is 1. The van der Waals surface area contributed by atoms with Crippen LogP contribution in [0.4, 0.5) is 0 Å². The summed E-state index contributed by atoms with van der Waals surface area (Å²) in [6.45, 7) is 1.53. The third-order valence-corrected chi connectivity index (χ3v) is 5.90. The van der Waals surface area contributed by atoms with Gasteiger partial charge in [0.25, 0.3) is 0 Å². The SMILES string of the molecule is O=C(NCc1cccs1)C1CN(C(=O)Cc2ccccn2)C2CCOC12. The van der Waals surface area contributed by atoms with Crippen LogP contribution < -0.4 is 5.32 Å². The van der Waals surface area contributed by atoms with E-state index in [0.717, 1.165) is 17.0 Å². The van der Waals surface area contributed by atoms with E-state index in [-0.39, 0.29) is 36.3 Å². The van der Waals surface area contributed by atoms with Gasteiger partial charge >= 0.3 is 0 Å². The smallest absolute Gasteiger partial charge is 0.228 e. The molecule has 0 aromatic carbocycles. The Bertz CT molecular complexity index is 766. The molecule has 0 radical (unpaired) electrons. The fourth-order valence-corrected chi connectivity index (χ4v) is 4.41. The van der Waals surface area contributed by atoms with Crippen molar-refractivity contribution in [2.75, 3.05) is 13.2 Å². The Hall–Kier alpha value is -2.25. The zero-order valence-electron chi connectivity index (χ0n) is 14.3. The van der Waals surface area contributed by atoms with Gasteiger partial charge in [-0.15, -0.1) is 11.3 Å². The summed E-state index contributed by atoms with van der Waals surface area (Å²) < 4.78 is 5.81. The maximum atomic E-state index is 12.8. The van der Waals surface area contributed by atoms with Gasteiger partial charge < -0.3 is 15.0 Å². The quantitative estimate of drug-likeness (QED) is 0.867. The second kappa shape index (κ2) is 7.55. The van der Waals surface area contributed by atoms with Crippen molar-refractivity contribution < 1.29 is 14.3 Å². The summed E-state index contributed by atoms with van der Waals surface area (Å²) >= 11 is 1.62. The van der Waals surface area contributed by atoms with E-state index in [1.54, 1.807) is 17.5 Å². The first-order chi connectivity index (χ1) is 12.7. The van der Waals surface area contributed by atoms with Crippen LogP contribution in [0.2, 0.25) is 0 Å². The number of pyridine rings is 1. The van der Waals surface area contributed by atoms with Gasteiger partial charge in [0, 0.05) is 29.9 Å². The molecule has 2 fully saturated rings. The normalized spacial score (nSPS) is 24.5. The molecule has 4 rings (SSSR count). The van der Waals surface area contributed by atoms with E-state index in [9.17, 15) is 9.59 Å². The van der Waals surface area contributed by atoms with Crippen LogP contribution in [0.25, 0.3) is 0 Å². The van der Waals surface area contributed by atoms with Crippen LogP contribution in [-0.4, -0.2) is 47.0 Å². The van der Waals surface area contributed by atoms with Crippen molar-refractivity contribution in [2.24, 2.45) is 5.92 Å². The molecule has 0 bridgehead atoms. The molecule has 3 unspecified atom stereocenters. The summed E-state index contributed by atoms with van der Waals surface area (Å²) in [4.78, 5) is 32.6. The molecule has 0 aliphatic carbocycles. The molecule has 2 amide bonds. The Morgan fingerprint density at radius 3 is 3.00 bits per heavy atom. The summed E-state index contributed by atoms with van der Waals surface area (Å²) in [5.74, 6) is -0.337. The van der Waals surface area contributed by atoms with Crippen LogP contribution in [0, 0.1) is 5.92 Å². The lowest BCUT2D eigenvalue weighted by Gasteiger charge is -2.22. The molecule has 4 heterocycles. The molecule has 6 nitrogen and oxygen atoms in total. The molecule has 0 saturated carbocycles. The van der Waals surface area contributed by atoms with Crippen molar-refractivity contribution in [2.45, 2.75) is 31.5 Å². The predicted molar refractivity (Wildman–Crippen MR) is 97.5 cm³/mol. The predicted octanol–water partition coefficient (Wildman–Crippen LogP) is 1.62. The van der Waals surface area contributed by atoms with Gasteiger partial charge in [-0.2, -0.15) is 0 Å². The zero-order valence-corrected chi connectivity index (χ0v) is 15.2. The van der Waals surface area contributed by atoms with Crippen LogP contribution in [-0.2, 0) is 27.3 Å². The van der Waals surface area contributed by atoms with Crippen LogP contribution in [0.1, 0.15) is 17.0 Å². The molecule has 26 heavy (non-hydrogen) atoms. The van der Waals surface area contributed by atoms with Gasteiger partial charge in [0.15, 0.2) is 0 Å². The Morgan fingerprint density at radius 1 is 1.31 bits per heavy atom.